The minimum absolute atomic E-state index is 0.955. The van der Waals surface area contributed by atoms with Crippen molar-refractivity contribution in [1.82, 2.24) is 10.4 Å². The Kier molecular flexibility index (Phi) is 3.59. The maximum Gasteiger partial charge on any atom is 0.147 e. The lowest BCUT2D eigenvalue weighted by Gasteiger charge is -2.26. The Morgan fingerprint density at radius 2 is 2.13 bits per heavy atom. The molecule has 0 radical (unpaired) electrons. The second-order valence-electron chi connectivity index (χ2n) is 3.77. The molecule has 1 aliphatic rings. The Hall–Kier alpha value is -1.06. The van der Waals surface area contributed by atoms with Crippen LogP contribution in [0.4, 0.5) is 0 Å². The largest absolute Gasteiger partial charge is 0.406 e. The molecule has 1 aliphatic heterocycles. The fourth-order valence-electron chi connectivity index (χ4n) is 1.71. The first-order valence-corrected chi connectivity index (χ1v) is 5.61. The standard InChI is InChI=1S/C12H18N2O/c1-2-11-4-3-5-12(10-11)15-14-8-6-13-7-9-14/h3-5,10,13H,2,6-9H2,1H3. The molecule has 0 aliphatic carbocycles. The van der Waals surface area contributed by atoms with E-state index in [9.17, 15) is 0 Å². The minimum Gasteiger partial charge on any atom is -0.406 e. The van der Waals surface area contributed by atoms with Crippen LogP contribution in [0, 0.1) is 0 Å². The van der Waals surface area contributed by atoms with E-state index in [1.165, 1.54) is 5.56 Å². The number of hydrogen-bond acceptors (Lipinski definition) is 3. The third-order valence-electron chi connectivity index (χ3n) is 2.62. The van der Waals surface area contributed by atoms with E-state index in [1.807, 2.05) is 11.1 Å². The van der Waals surface area contributed by atoms with Gasteiger partial charge in [0, 0.05) is 26.2 Å². The molecule has 3 nitrogen and oxygen atoms in total. The van der Waals surface area contributed by atoms with Crippen molar-refractivity contribution in [3.05, 3.63) is 29.8 Å². The van der Waals surface area contributed by atoms with E-state index in [2.05, 4.69) is 30.4 Å². The average Bonchev–Trinajstić information content (AvgIpc) is 2.31. The third-order valence-corrected chi connectivity index (χ3v) is 2.62. The summed E-state index contributed by atoms with van der Waals surface area (Å²) in [5, 5.41) is 5.32. The van der Waals surface area contributed by atoms with Gasteiger partial charge in [-0.25, -0.2) is 0 Å². The highest BCUT2D eigenvalue weighted by atomic mass is 16.7. The van der Waals surface area contributed by atoms with Gasteiger partial charge in [-0.15, -0.1) is 5.06 Å². The normalized spacial score (nSPS) is 17.7. The molecule has 0 amide bonds. The van der Waals surface area contributed by atoms with Crippen LogP contribution in [0.15, 0.2) is 24.3 Å². The fourth-order valence-corrected chi connectivity index (χ4v) is 1.71. The number of rotatable bonds is 3. The number of nitrogens with zero attached hydrogens (tertiary/aromatic N) is 1. The Labute approximate surface area is 91.0 Å². The van der Waals surface area contributed by atoms with Gasteiger partial charge in [0.2, 0.25) is 0 Å². The van der Waals surface area contributed by atoms with Crippen molar-refractivity contribution in [2.45, 2.75) is 13.3 Å². The molecule has 1 N–H and O–H groups in total. The highest BCUT2D eigenvalue weighted by Crippen LogP contribution is 2.15. The van der Waals surface area contributed by atoms with Gasteiger partial charge in [0.15, 0.2) is 0 Å². The second kappa shape index (κ2) is 5.14. The summed E-state index contributed by atoms with van der Waals surface area (Å²) in [4.78, 5) is 5.79. The van der Waals surface area contributed by atoms with E-state index in [0.29, 0.717) is 0 Å². The Balaban J connectivity index is 1.96. The molecule has 0 spiro atoms. The molecule has 0 unspecified atom stereocenters. The van der Waals surface area contributed by atoms with E-state index < -0.39 is 0 Å². The summed E-state index contributed by atoms with van der Waals surface area (Å²) in [6.45, 7) is 6.08. The molecule has 0 saturated carbocycles. The van der Waals surface area contributed by atoms with E-state index in [0.717, 1.165) is 38.3 Å². The van der Waals surface area contributed by atoms with Crippen molar-refractivity contribution in [2.75, 3.05) is 26.2 Å². The van der Waals surface area contributed by atoms with Gasteiger partial charge in [-0.3, -0.25) is 0 Å². The predicted molar refractivity (Wildman–Crippen MR) is 60.9 cm³/mol. The summed E-state index contributed by atoms with van der Waals surface area (Å²) < 4.78 is 0. The van der Waals surface area contributed by atoms with E-state index in [1.54, 1.807) is 0 Å². The number of hydroxylamine groups is 2. The topological polar surface area (TPSA) is 24.5 Å². The highest BCUT2D eigenvalue weighted by Gasteiger charge is 2.10. The fraction of sp³-hybridized carbons (Fsp3) is 0.500. The van der Waals surface area contributed by atoms with Crippen LogP contribution in [0.1, 0.15) is 12.5 Å². The number of benzene rings is 1. The van der Waals surface area contributed by atoms with Gasteiger partial charge in [0.1, 0.15) is 5.75 Å². The van der Waals surface area contributed by atoms with Crippen LogP contribution < -0.4 is 10.2 Å². The minimum atomic E-state index is 0.955. The molecule has 1 aromatic rings. The first-order chi connectivity index (χ1) is 7.38. The highest BCUT2D eigenvalue weighted by molar-refractivity contribution is 5.28. The van der Waals surface area contributed by atoms with Crippen LogP contribution >= 0.6 is 0 Å². The van der Waals surface area contributed by atoms with Gasteiger partial charge in [0.25, 0.3) is 0 Å². The van der Waals surface area contributed by atoms with Crippen molar-refractivity contribution in [1.29, 1.82) is 0 Å². The summed E-state index contributed by atoms with van der Waals surface area (Å²) in [5.74, 6) is 0.955. The van der Waals surface area contributed by atoms with Crippen LogP contribution in [0.2, 0.25) is 0 Å². The lowest BCUT2D eigenvalue weighted by atomic mass is 10.2. The van der Waals surface area contributed by atoms with Crippen LogP contribution in [0.3, 0.4) is 0 Å². The molecule has 3 heteroatoms. The monoisotopic (exact) mass is 206 g/mol. The van der Waals surface area contributed by atoms with Gasteiger partial charge >= 0.3 is 0 Å². The van der Waals surface area contributed by atoms with Crippen molar-refractivity contribution in [3.63, 3.8) is 0 Å². The lowest BCUT2D eigenvalue weighted by molar-refractivity contribution is -0.0664. The zero-order chi connectivity index (χ0) is 10.5. The van der Waals surface area contributed by atoms with Crippen molar-refractivity contribution in [2.24, 2.45) is 0 Å². The summed E-state index contributed by atoms with van der Waals surface area (Å²) in [6, 6.07) is 8.31. The first kappa shape index (κ1) is 10.5. The molecule has 1 aromatic carbocycles. The van der Waals surface area contributed by atoms with Crippen LogP contribution in [-0.4, -0.2) is 31.2 Å². The average molecular weight is 206 g/mol. The van der Waals surface area contributed by atoms with E-state index in [4.69, 9.17) is 4.84 Å². The Bertz CT molecular complexity index is 308. The molecule has 0 aromatic heterocycles. The van der Waals surface area contributed by atoms with Crippen LogP contribution in [0.5, 0.6) is 5.75 Å². The zero-order valence-electron chi connectivity index (χ0n) is 9.20. The molecule has 0 bridgehead atoms. The second-order valence-corrected chi connectivity index (χ2v) is 3.77. The maximum absolute atomic E-state index is 5.79. The van der Waals surface area contributed by atoms with Crippen LogP contribution in [0.25, 0.3) is 0 Å². The number of hydrogen-bond donors (Lipinski definition) is 1. The summed E-state index contributed by atoms with van der Waals surface area (Å²) in [6.07, 6.45) is 1.05. The first-order valence-electron chi connectivity index (χ1n) is 5.61. The predicted octanol–water partition coefficient (Wildman–Crippen LogP) is 1.45. The van der Waals surface area contributed by atoms with Gasteiger partial charge in [-0.1, -0.05) is 19.1 Å². The number of aryl methyl sites for hydroxylation is 1. The molecular formula is C12H18N2O. The lowest BCUT2D eigenvalue weighted by Crippen LogP contribution is -2.45. The number of nitrogens with one attached hydrogen (secondary N) is 1. The van der Waals surface area contributed by atoms with Crippen molar-refractivity contribution < 1.29 is 4.84 Å². The molecule has 15 heavy (non-hydrogen) atoms. The zero-order valence-corrected chi connectivity index (χ0v) is 9.20. The molecule has 82 valence electrons. The Morgan fingerprint density at radius 3 is 2.87 bits per heavy atom. The smallest absolute Gasteiger partial charge is 0.147 e. The molecule has 1 fully saturated rings. The molecule has 2 rings (SSSR count). The van der Waals surface area contributed by atoms with E-state index >= 15 is 0 Å². The van der Waals surface area contributed by atoms with Gasteiger partial charge in [-0.2, -0.15) is 0 Å². The van der Waals surface area contributed by atoms with Crippen molar-refractivity contribution >= 4 is 0 Å². The van der Waals surface area contributed by atoms with E-state index in [-0.39, 0.29) is 0 Å². The van der Waals surface area contributed by atoms with Gasteiger partial charge in [-0.05, 0) is 24.1 Å². The quantitative estimate of drug-likeness (QED) is 0.810. The third kappa shape index (κ3) is 2.94. The molecular weight excluding hydrogens is 188 g/mol. The molecule has 1 heterocycles. The maximum atomic E-state index is 5.79. The van der Waals surface area contributed by atoms with Crippen molar-refractivity contribution in [3.8, 4) is 5.75 Å². The summed E-state index contributed by atoms with van der Waals surface area (Å²) in [7, 11) is 0. The Morgan fingerprint density at radius 1 is 1.33 bits per heavy atom. The molecule has 1 saturated heterocycles. The van der Waals surface area contributed by atoms with Gasteiger partial charge < -0.3 is 10.2 Å². The summed E-state index contributed by atoms with van der Waals surface area (Å²) >= 11 is 0. The number of piperazine rings is 1. The van der Waals surface area contributed by atoms with Gasteiger partial charge in [0.05, 0.1) is 0 Å². The molecule has 0 atom stereocenters. The summed E-state index contributed by atoms with van der Waals surface area (Å²) in [5.41, 5.74) is 1.32. The van der Waals surface area contributed by atoms with Crippen LogP contribution in [-0.2, 0) is 6.42 Å². The SMILES string of the molecule is CCc1cccc(ON2CCNCC2)c1.